The summed E-state index contributed by atoms with van der Waals surface area (Å²) in [6, 6.07) is 17.7. The summed E-state index contributed by atoms with van der Waals surface area (Å²) in [6.07, 6.45) is 0.285. The van der Waals surface area contributed by atoms with Crippen LogP contribution in [0.3, 0.4) is 0 Å². The molecule has 0 amide bonds. The number of rotatable bonds is 9. The second-order valence-electron chi connectivity index (χ2n) is 5.12. The Labute approximate surface area is 130 Å². The molecule has 2 aromatic carbocycles. The van der Waals surface area contributed by atoms with Gasteiger partial charge in [0.1, 0.15) is 30.8 Å². The molecule has 2 aromatic rings. The lowest BCUT2D eigenvalue weighted by atomic mass is 10.2. The largest absolute Gasteiger partial charge is 0.491 e. The molecule has 1 heterocycles. The number of ether oxygens (including phenoxy) is 4. The monoisotopic (exact) mass is 300 g/mol. The van der Waals surface area contributed by atoms with Crippen LogP contribution >= 0.6 is 0 Å². The number of hydrogen-bond donors (Lipinski definition) is 0. The van der Waals surface area contributed by atoms with Gasteiger partial charge in [0.2, 0.25) is 0 Å². The molecule has 1 atom stereocenters. The quantitative estimate of drug-likeness (QED) is 0.527. The van der Waals surface area contributed by atoms with Gasteiger partial charge in [0.05, 0.1) is 19.8 Å². The highest BCUT2D eigenvalue weighted by Crippen LogP contribution is 2.16. The van der Waals surface area contributed by atoms with Crippen LogP contribution < -0.4 is 9.47 Å². The molecule has 1 unspecified atom stereocenters. The van der Waals surface area contributed by atoms with Crippen molar-refractivity contribution in [3.8, 4) is 11.5 Å². The van der Waals surface area contributed by atoms with Crippen molar-refractivity contribution in [3.05, 3.63) is 60.2 Å². The van der Waals surface area contributed by atoms with Crippen molar-refractivity contribution in [2.75, 3.05) is 26.4 Å². The zero-order valence-corrected chi connectivity index (χ0v) is 12.4. The van der Waals surface area contributed by atoms with Crippen LogP contribution in [0.2, 0.25) is 0 Å². The van der Waals surface area contributed by atoms with Gasteiger partial charge >= 0.3 is 0 Å². The maximum absolute atomic E-state index is 5.60. The Morgan fingerprint density at radius 2 is 1.59 bits per heavy atom. The normalized spacial score (nSPS) is 16.3. The minimum Gasteiger partial charge on any atom is -0.491 e. The van der Waals surface area contributed by atoms with Crippen LogP contribution in [0.25, 0.3) is 0 Å². The van der Waals surface area contributed by atoms with Gasteiger partial charge in [-0.25, -0.2) is 0 Å². The van der Waals surface area contributed by atoms with Crippen LogP contribution in [-0.2, 0) is 16.1 Å². The Morgan fingerprint density at radius 1 is 0.864 bits per heavy atom. The second-order valence-corrected chi connectivity index (χ2v) is 5.12. The molecule has 116 valence electrons. The molecule has 4 nitrogen and oxygen atoms in total. The molecule has 1 aliphatic heterocycles. The van der Waals surface area contributed by atoms with Crippen molar-refractivity contribution in [2.24, 2.45) is 0 Å². The number of epoxide rings is 1. The van der Waals surface area contributed by atoms with Crippen LogP contribution in [0.1, 0.15) is 5.56 Å². The standard InChI is InChI=1S/C18H20O4/c1-2-4-16(5-3-1)20-11-10-19-12-15-6-8-17(9-7-15)21-13-18-14-22-18/h1-9,18H,10-14H2. The maximum Gasteiger partial charge on any atom is 0.119 e. The first-order valence-electron chi connectivity index (χ1n) is 7.49. The Morgan fingerprint density at radius 3 is 2.32 bits per heavy atom. The Bertz CT molecular complexity index is 549. The van der Waals surface area contributed by atoms with Crippen molar-refractivity contribution in [1.82, 2.24) is 0 Å². The molecule has 4 heteroatoms. The fourth-order valence-corrected chi connectivity index (χ4v) is 1.96. The first-order valence-corrected chi connectivity index (χ1v) is 7.49. The van der Waals surface area contributed by atoms with Crippen LogP contribution in [0, 0.1) is 0 Å². The molecule has 0 aliphatic carbocycles. The summed E-state index contributed by atoms with van der Waals surface area (Å²) in [4.78, 5) is 0. The Balaban J connectivity index is 1.31. The molecule has 22 heavy (non-hydrogen) atoms. The summed E-state index contributed by atoms with van der Waals surface area (Å²) in [6.45, 7) is 3.13. The lowest BCUT2D eigenvalue weighted by molar-refractivity contribution is 0.0889. The van der Waals surface area contributed by atoms with Gasteiger partial charge in [-0.05, 0) is 29.8 Å². The second kappa shape index (κ2) is 7.82. The highest BCUT2D eigenvalue weighted by molar-refractivity contribution is 5.27. The van der Waals surface area contributed by atoms with E-state index in [2.05, 4.69) is 0 Å². The lowest BCUT2D eigenvalue weighted by Gasteiger charge is -2.08. The highest BCUT2D eigenvalue weighted by Gasteiger charge is 2.22. The lowest BCUT2D eigenvalue weighted by Crippen LogP contribution is -2.07. The van der Waals surface area contributed by atoms with E-state index in [9.17, 15) is 0 Å². The van der Waals surface area contributed by atoms with E-state index < -0.39 is 0 Å². The van der Waals surface area contributed by atoms with E-state index in [0.717, 1.165) is 23.7 Å². The van der Waals surface area contributed by atoms with Gasteiger partial charge in [-0.1, -0.05) is 30.3 Å². The molecule has 0 N–H and O–H groups in total. The molecular formula is C18H20O4. The van der Waals surface area contributed by atoms with Gasteiger partial charge in [-0.15, -0.1) is 0 Å². The molecule has 0 bridgehead atoms. The summed E-state index contributed by atoms with van der Waals surface area (Å²) < 4.78 is 21.9. The number of benzene rings is 2. The van der Waals surface area contributed by atoms with E-state index >= 15 is 0 Å². The van der Waals surface area contributed by atoms with E-state index in [4.69, 9.17) is 18.9 Å². The van der Waals surface area contributed by atoms with Gasteiger partial charge < -0.3 is 18.9 Å². The molecule has 0 radical (unpaired) electrons. The molecular weight excluding hydrogens is 280 g/mol. The first kappa shape index (κ1) is 14.9. The van der Waals surface area contributed by atoms with Crippen LogP contribution in [0.15, 0.2) is 54.6 Å². The van der Waals surface area contributed by atoms with Crippen molar-refractivity contribution in [2.45, 2.75) is 12.7 Å². The van der Waals surface area contributed by atoms with Crippen molar-refractivity contribution >= 4 is 0 Å². The third-order valence-corrected chi connectivity index (χ3v) is 3.27. The first-order chi connectivity index (χ1) is 10.9. The number of para-hydroxylation sites is 1. The SMILES string of the molecule is c1ccc(OCCOCc2ccc(OCC3CO3)cc2)cc1. The number of hydrogen-bond acceptors (Lipinski definition) is 4. The predicted octanol–water partition coefficient (Wildman–Crippen LogP) is 3.06. The highest BCUT2D eigenvalue weighted by atomic mass is 16.6. The van der Waals surface area contributed by atoms with E-state index in [1.165, 1.54) is 0 Å². The molecule has 0 spiro atoms. The van der Waals surface area contributed by atoms with Crippen LogP contribution in [0.5, 0.6) is 11.5 Å². The average Bonchev–Trinajstić information content (AvgIpc) is 3.39. The average molecular weight is 300 g/mol. The van der Waals surface area contributed by atoms with Crippen LogP contribution in [0.4, 0.5) is 0 Å². The minimum atomic E-state index is 0.285. The topological polar surface area (TPSA) is 40.2 Å². The third-order valence-electron chi connectivity index (χ3n) is 3.27. The zero-order chi connectivity index (χ0) is 15.0. The smallest absolute Gasteiger partial charge is 0.119 e. The Hall–Kier alpha value is -2.04. The van der Waals surface area contributed by atoms with Gasteiger partial charge in [0.25, 0.3) is 0 Å². The van der Waals surface area contributed by atoms with E-state index in [0.29, 0.717) is 26.4 Å². The van der Waals surface area contributed by atoms with E-state index in [1.54, 1.807) is 0 Å². The fourth-order valence-electron chi connectivity index (χ4n) is 1.96. The van der Waals surface area contributed by atoms with Gasteiger partial charge in [-0.2, -0.15) is 0 Å². The minimum absolute atomic E-state index is 0.285. The third kappa shape index (κ3) is 5.06. The van der Waals surface area contributed by atoms with Gasteiger partial charge in [0.15, 0.2) is 0 Å². The zero-order valence-electron chi connectivity index (χ0n) is 12.4. The molecule has 3 rings (SSSR count). The molecule has 1 fully saturated rings. The van der Waals surface area contributed by atoms with Gasteiger partial charge in [-0.3, -0.25) is 0 Å². The Kier molecular flexibility index (Phi) is 5.29. The van der Waals surface area contributed by atoms with Gasteiger partial charge in [0, 0.05) is 0 Å². The van der Waals surface area contributed by atoms with E-state index in [-0.39, 0.29) is 6.10 Å². The van der Waals surface area contributed by atoms with Crippen LogP contribution in [-0.4, -0.2) is 32.5 Å². The summed E-state index contributed by atoms with van der Waals surface area (Å²) in [5.41, 5.74) is 1.12. The summed E-state index contributed by atoms with van der Waals surface area (Å²) in [5, 5.41) is 0. The van der Waals surface area contributed by atoms with E-state index in [1.807, 2.05) is 54.6 Å². The maximum atomic E-state index is 5.60. The summed E-state index contributed by atoms with van der Waals surface area (Å²) >= 11 is 0. The van der Waals surface area contributed by atoms with Crippen molar-refractivity contribution in [3.63, 3.8) is 0 Å². The molecule has 0 aromatic heterocycles. The van der Waals surface area contributed by atoms with Crippen molar-refractivity contribution in [1.29, 1.82) is 0 Å². The van der Waals surface area contributed by atoms with Crippen molar-refractivity contribution < 1.29 is 18.9 Å². The summed E-state index contributed by atoms with van der Waals surface area (Å²) in [5.74, 6) is 1.74. The molecule has 0 saturated carbocycles. The molecule has 1 saturated heterocycles. The molecule has 1 aliphatic rings. The fraction of sp³-hybridized carbons (Fsp3) is 0.333. The predicted molar refractivity (Wildman–Crippen MR) is 83.3 cm³/mol. The summed E-state index contributed by atoms with van der Waals surface area (Å²) in [7, 11) is 0.